The number of carbonyl (C=O) groups excluding carboxylic acids is 3. The lowest BCUT2D eigenvalue weighted by Gasteiger charge is -2.28. The van der Waals surface area contributed by atoms with Crippen LogP contribution in [0.25, 0.3) is 11.4 Å². The van der Waals surface area contributed by atoms with Gasteiger partial charge in [-0.3, -0.25) is 14.6 Å². The van der Waals surface area contributed by atoms with Crippen molar-refractivity contribution in [3.63, 3.8) is 0 Å². The monoisotopic (exact) mass is 593 g/mol. The van der Waals surface area contributed by atoms with E-state index in [1.54, 1.807) is 45.9 Å². The number of halogens is 3. The first-order chi connectivity index (χ1) is 19.2. The van der Waals surface area contributed by atoms with Crippen molar-refractivity contribution in [1.29, 1.82) is 0 Å². The Bertz CT molecular complexity index is 1380. The molecule has 1 aliphatic heterocycles. The number of alkyl halides is 3. The number of aromatic nitrogens is 2. The largest absolute Gasteiger partial charge is 0.443 e. The maximum atomic E-state index is 13.7. The van der Waals surface area contributed by atoms with E-state index >= 15 is 0 Å². The Balaban J connectivity index is 1.56. The summed E-state index contributed by atoms with van der Waals surface area (Å²) in [6.45, 7) is 6.60. The number of thioether (sulfide) groups is 1. The Morgan fingerprint density at radius 2 is 1.90 bits per heavy atom. The molecule has 14 heteroatoms. The van der Waals surface area contributed by atoms with Crippen LogP contribution in [-0.4, -0.2) is 57.1 Å². The zero-order valence-electron chi connectivity index (χ0n) is 22.9. The molecule has 2 N–H and O–H groups in total. The van der Waals surface area contributed by atoms with Crippen molar-refractivity contribution in [3.05, 3.63) is 58.0 Å². The number of benzene rings is 1. The number of Topliss-reactive ketones (excluding diaryl/α,β-unsaturated/α-hetero) is 1. The summed E-state index contributed by atoms with van der Waals surface area (Å²) in [7, 11) is 0. The molecule has 41 heavy (non-hydrogen) atoms. The van der Waals surface area contributed by atoms with Crippen LogP contribution in [0.1, 0.15) is 45.1 Å². The first-order valence-electron chi connectivity index (χ1n) is 12.9. The molecule has 2 amide bonds. The maximum absolute atomic E-state index is 13.7. The van der Waals surface area contributed by atoms with E-state index in [9.17, 15) is 27.6 Å². The first kappa shape index (κ1) is 30.2. The van der Waals surface area contributed by atoms with E-state index in [1.165, 1.54) is 16.8 Å². The Labute approximate surface area is 238 Å². The summed E-state index contributed by atoms with van der Waals surface area (Å²) in [5, 5.41) is 7.77. The molecule has 2 aliphatic rings. The van der Waals surface area contributed by atoms with Gasteiger partial charge < -0.3 is 14.6 Å². The van der Waals surface area contributed by atoms with Crippen molar-refractivity contribution in [1.82, 2.24) is 25.9 Å². The minimum atomic E-state index is -4.32. The third-order valence-corrected chi connectivity index (χ3v) is 7.08. The number of ether oxygens (including phenoxy) is 1. The molecule has 0 fully saturated rings. The van der Waals surface area contributed by atoms with Gasteiger partial charge in [0, 0.05) is 31.4 Å². The molecule has 0 saturated carbocycles. The van der Waals surface area contributed by atoms with Gasteiger partial charge in [0.1, 0.15) is 11.3 Å². The lowest BCUT2D eigenvalue weighted by atomic mass is 9.86. The number of rotatable bonds is 8. The summed E-state index contributed by atoms with van der Waals surface area (Å²) in [6, 6.07) is 7.20. The predicted octanol–water partition coefficient (Wildman–Crippen LogP) is 4.83. The lowest BCUT2D eigenvalue weighted by molar-refractivity contribution is -0.136. The van der Waals surface area contributed by atoms with Crippen molar-refractivity contribution in [3.8, 4) is 11.4 Å². The Kier molecular flexibility index (Phi) is 8.80. The molecule has 2 heterocycles. The smallest absolute Gasteiger partial charge is 0.426 e. The third kappa shape index (κ3) is 7.90. The number of amides is 2. The number of aryl methyl sites for hydroxylation is 1. The standard InChI is InChI=1S/C27H30F3N5O5S/c1-15-32-23(34-40-15)17-8-6-16(7-9-17)12-18-13-19(24(37)31-11-5-10-27(28,29)30)22-20(21(18)36)35(14-41-22)33-25(38)39-26(2,3)4/h6-9,13,18H,5,10-12,14H2,1-4H3,(H,31,37)(H,33,38). The van der Waals surface area contributed by atoms with Gasteiger partial charge in [-0.05, 0) is 39.2 Å². The van der Waals surface area contributed by atoms with Gasteiger partial charge in [-0.1, -0.05) is 47.3 Å². The van der Waals surface area contributed by atoms with E-state index in [0.29, 0.717) is 16.6 Å². The molecular weight excluding hydrogens is 563 g/mol. The molecule has 4 rings (SSSR count). The fourth-order valence-electron chi connectivity index (χ4n) is 4.24. The molecule has 1 unspecified atom stereocenters. The van der Waals surface area contributed by atoms with E-state index in [4.69, 9.17) is 9.26 Å². The van der Waals surface area contributed by atoms with Crippen LogP contribution in [-0.2, 0) is 20.7 Å². The second-order valence-corrected chi connectivity index (χ2v) is 11.5. The normalized spacial score (nSPS) is 17.3. The van der Waals surface area contributed by atoms with Gasteiger partial charge in [-0.15, -0.1) is 0 Å². The third-order valence-electron chi connectivity index (χ3n) is 5.99. The van der Waals surface area contributed by atoms with Gasteiger partial charge in [0.25, 0.3) is 5.91 Å². The number of nitrogens with zero attached hydrogens (tertiary/aromatic N) is 3. The number of hydrogen-bond donors (Lipinski definition) is 2. The fourth-order valence-corrected chi connectivity index (χ4v) is 5.35. The zero-order valence-corrected chi connectivity index (χ0v) is 23.7. The number of hydrogen-bond acceptors (Lipinski definition) is 9. The van der Waals surface area contributed by atoms with E-state index in [2.05, 4.69) is 20.9 Å². The van der Waals surface area contributed by atoms with Crippen LogP contribution in [0.4, 0.5) is 18.0 Å². The van der Waals surface area contributed by atoms with Crippen molar-refractivity contribution >= 4 is 29.5 Å². The SMILES string of the molecule is Cc1nc(-c2ccc(CC3C=C(C(=O)NCCCC(F)(F)F)C4=C(C3=O)N(NC(=O)OC(C)(C)C)CS4)cc2)no1. The average molecular weight is 594 g/mol. The highest BCUT2D eigenvalue weighted by Crippen LogP contribution is 2.42. The molecule has 1 aromatic carbocycles. The van der Waals surface area contributed by atoms with Crippen LogP contribution < -0.4 is 10.7 Å². The summed E-state index contributed by atoms with van der Waals surface area (Å²) >= 11 is 1.17. The van der Waals surface area contributed by atoms with Gasteiger partial charge in [0.2, 0.25) is 11.7 Å². The molecule has 1 aliphatic carbocycles. The van der Waals surface area contributed by atoms with Crippen LogP contribution in [0.5, 0.6) is 0 Å². The molecule has 10 nitrogen and oxygen atoms in total. The van der Waals surface area contributed by atoms with E-state index in [0.717, 1.165) is 11.1 Å². The van der Waals surface area contributed by atoms with Gasteiger partial charge in [0.05, 0.1) is 16.4 Å². The van der Waals surface area contributed by atoms with E-state index in [1.807, 2.05) is 12.1 Å². The molecular formula is C27H30F3N5O5S. The number of allylic oxidation sites excluding steroid dienone is 2. The highest BCUT2D eigenvalue weighted by molar-refractivity contribution is 8.03. The average Bonchev–Trinajstić information content (AvgIpc) is 3.49. The molecule has 220 valence electrons. The summed E-state index contributed by atoms with van der Waals surface area (Å²) in [6.07, 6.45) is -4.62. The number of carbonyl (C=O) groups is 3. The molecule has 1 atom stereocenters. The summed E-state index contributed by atoms with van der Waals surface area (Å²) in [5.74, 6) is -0.688. The molecule has 0 saturated heterocycles. The molecule has 0 radical (unpaired) electrons. The molecule has 0 spiro atoms. The predicted molar refractivity (Wildman–Crippen MR) is 144 cm³/mol. The van der Waals surface area contributed by atoms with Crippen molar-refractivity contribution < 1.29 is 36.8 Å². The van der Waals surface area contributed by atoms with Gasteiger partial charge in [-0.2, -0.15) is 18.2 Å². The van der Waals surface area contributed by atoms with Crippen LogP contribution in [0.3, 0.4) is 0 Å². The van der Waals surface area contributed by atoms with Crippen LogP contribution >= 0.6 is 11.8 Å². The number of ketones is 1. The quantitative estimate of drug-likeness (QED) is 0.414. The van der Waals surface area contributed by atoms with E-state index in [-0.39, 0.29) is 42.3 Å². The molecule has 0 bridgehead atoms. The summed E-state index contributed by atoms with van der Waals surface area (Å²) in [5.41, 5.74) is 3.61. The Hall–Kier alpha value is -3.81. The minimum Gasteiger partial charge on any atom is -0.443 e. The molecule has 1 aromatic heterocycles. The van der Waals surface area contributed by atoms with Crippen molar-refractivity contribution in [2.24, 2.45) is 5.92 Å². The van der Waals surface area contributed by atoms with Gasteiger partial charge in [0.15, 0.2) is 5.78 Å². The summed E-state index contributed by atoms with van der Waals surface area (Å²) < 4.78 is 48.0. The second kappa shape index (κ2) is 12.0. The maximum Gasteiger partial charge on any atom is 0.426 e. The second-order valence-electron chi connectivity index (χ2n) is 10.6. The fraction of sp³-hybridized carbons (Fsp3) is 0.444. The number of nitrogens with one attached hydrogen (secondary N) is 2. The van der Waals surface area contributed by atoms with Crippen molar-refractivity contribution in [2.75, 3.05) is 12.4 Å². The highest BCUT2D eigenvalue weighted by atomic mass is 32.2. The van der Waals surface area contributed by atoms with Gasteiger partial charge >= 0.3 is 12.3 Å². The molecule has 2 aromatic rings. The van der Waals surface area contributed by atoms with Crippen LogP contribution in [0.2, 0.25) is 0 Å². The first-order valence-corrected chi connectivity index (χ1v) is 13.8. The van der Waals surface area contributed by atoms with Crippen LogP contribution in [0, 0.1) is 12.8 Å². The minimum absolute atomic E-state index is 0.132. The van der Waals surface area contributed by atoms with Crippen LogP contribution in [0.15, 0.2) is 51.0 Å². The highest BCUT2D eigenvalue weighted by Gasteiger charge is 2.40. The zero-order chi connectivity index (χ0) is 29.9. The van der Waals surface area contributed by atoms with E-state index < -0.39 is 36.1 Å². The topological polar surface area (TPSA) is 127 Å². The van der Waals surface area contributed by atoms with Gasteiger partial charge in [-0.25, -0.2) is 10.2 Å². The Morgan fingerprint density at radius 3 is 2.51 bits per heavy atom. The summed E-state index contributed by atoms with van der Waals surface area (Å²) in [4.78, 5) is 43.8. The Morgan fingerprint density at radius 1 is 1.20 bits per heavy atom. The number of hydrazine groups is 1. The van der Waals surface area contributed by atoms with Crippen molar-refractivity contribution in [2.45, 2.75) is 58.7 Å². The lowest BCUT2D eigenvalue weighted by Crippen LogP contribution is -2.45.